The molecular formula is C24H32ClNO2. The minimum Gasteiger partial charge on any atom is -0.483 e. The third-order valence-electron chi connectivity index (χ3n) is 4.91. The molecule has 0 unspecified atom stereocenters. The monoisotopic (exact) mass is 401 g/mol. The summed E-state index contributed by atoms with van der Waals surface area (Å²) in [6.45, 7) is 14.6. The van der Waals surface area contributed by atoms with E-state index >= 15 is 0 Å². The van der Waals surface area contributed by atoms with Crippen molar-refractivity contribution >= 4 is 23.2 Å². The van der Waals surface area contributed by atoms with Gasteiger partial charge >= 0.3 is 0 Å². The van der Waals surface area contributed by atoms with Gasteiger partial charge in [-0.05, 0) is 59.1 Å². The van der Waals surface area contributed by atoms with Gasteiger partial charge in [-0.1, -0.05) is 71.3 Å². The predicted octanol–water partition coefficient (Wildman–Crippen LogP) is 7.04. The van der Waals surface area contributed by atoms with Crippen LogP contribution in [0.15, 0.2) is 30.3 Å². The molecule has 1 N–H and O–H groups in total. The third-order valence-corrected chi connectivity index (χ3v) is 5.32. The van der Waals surface area contributed by atoms with Crippen LogP contribution in [0.5, 0.6) is 5.75 Å². The van der Waals surface area contributed by atoms with Gasteiger partial charge in [0.1, 0.15) is 5.75 Å². The number of nitrogens with one attached hydrogen (secondary N) is 1. The minimum absolute atomic E-state index is 0.0369. The van der Waals surface area contributed by atoms with Gasteiger partial charge in [-0.2, -0.15) is 0 Å². The first-order valence-electron chi connectivity index (χ1n) is 9.97. The Labute approximate surface area is 174 Å². The van der Waals surface area contributed by atoms with Crippen molar-refractivity contribution in [2.75, 3.05) is 11.9 Å². The highest BCUT2D eigenvalue weighted by molar-refractivity contribution is 6.31. The van der Waals surface area contributed by atoms with Crippen LogP contribution in [0.3, 0.4) is 0 Å². The summed E-state index contributed by atoms with van der Waals surface area (Å²) < 4.78 is 5.90. The highest BCUT2D eigenvalue weighted by atomic mass is 35.5. The van der Waals surface area contributed by atoms with Gasteiger partial charge in [0.15, 0.2) is 6.61 Å². The maximum atomic E-state index is 12.7. The van der Waals surface area contributed by atoms with E-state index in [1.165, 1.54) is 0 Å². The van der Waals surface area contributed by atoms with Gasteiger partial charge in [0.05, 0.1) is 0 Å². The van der Waals surface area contributed by atoms with Gasteiger partial charge < -0.3 is 10.1 Å². The van der Waals surface area contributed by atoms with Crippen molar-refractivity contribution in [1.82, 2.24) is 0 Å². The molecule has 1 amide bonds. The molecule has 152 valence electrons. The fourth-order valence-electron chi connectivity index (χ4n) is 3.26. The van der Waals surface area contributed by atoms with Gasteiger partial charge in [-0.3, -0.25) is 4.79 Å². The van der Waals surface area contributed by atoms with Crippen LogP contribution in [0.25, 0.3) is 0 Å². The van der Waals surface area contributed by atoms with Crippen LogP contribution in [0.1, 0.15) is 81.5 Å². The molecule has 0 spiro atoms. The summed E-state index contributed by atoms with van der Waals surface area (Å²) >= 11 is 6.26. The molecule has 2 aromatic carbocycles. The molecule has 28 heavy (non-hydrogen) atoms. The Hall–Kier alpha value is -2.00. The first kappa shape index (κ1) is 22.3. The number of halogens is 1. The van der Waals surface area contributed by atoms with Gasteiger partial charge in [-0.25, -0.2) is 0 Å². The number of hydrogen-bond donors (Lipinski definition) is 1. The second-order valence-electron chi connectivity index (χ2n) is 8.25. The van der Waals surface area contributed by atoms with E-state index in [4.69, 9.17) is 16.3 Å². The first-order chi connectivity index (χ1) is 13.1. The maximum absolute atomic E-state index is 12.7. The van der Waals surface area contributed by atoms with E-state index in [2.05, 4.69) is 65.1 Å². The molecule has 0 aromatic heterocycles. The maximum Gasteiger partial charge on any atom is 0.262 e. The Balaban J connectivity index is 2.22. The first-order valence-corrected chi connectivity index (χ1v) is 10.3. The van der Waals surface area contributed by atoms with E-state index in [0.717, 1.165) is 27.9 Å². The van der Waals surface area contributed by atoms with E-state index in [9.17, 15) is 4.79 Å². The molecule has 0 aliphatic rings. The van der Waals surface area contributed by atoms with Crippen molar-refractivity contribution in [3.8, 4) is 5.75 Å². The third kappa shape index (κ3) is 5.29. The van der Waals surface area contributed by atoms with Crippen molar-refractivity contribution in [2.45, 2.75) is 66.2 Å². The average Bonchev–Trinajstić information content (AvgIpc) is 2.61. The predicted molar refractivity (Wildman–Crippen MR) is 119 cm³/mol. The Morgan fingerprint density at radius 2 is 1.50 bits per heavy atom. The number of anilines is 1. The molecule has 0 saturated heterocycles. The number of amides is 1. The zero-order valence-electron chi connectivity index (χ0n) is 18.0. The molecule has 0 saturated carbocycles. The molecule has 0 fully saturated rings. The largest absolute Gasteiger partial charge is 0.483 e. The molecule has 0 bridgehead atoms. The molecule has 0 radical (unpaired) electrons. The Morgan fingerprint density at radius 3 is 2.00 bits per heavy atom. The van der Waals surface area contributed by atoms with Gasteiger partial charge in [0.25, 0.3) is 5.91 Å². The van der Waals surface area contributed by atoms with Crippen molar-refractivity contribution in [3.05, 3.63) is 57.6 Å². The Morgan fingerprint density at radius 1 is 0.964 bits per heavy atom. The number of carbonyl (C=O) groups excluding carboxylic acids is 1. The number of benzene rings is 2. The zero-order chi connectivity index (χ0) is 21.0. The average molecular weight is 402 g/mol. The summed E-state index contributed by atoms with van der Waals surface area (Å²) in [4.78, 5) is 12.7. The summed E-state index contributed by atoms with van der Waals surface area (Å²) in [6, 6.07) is 10.0. The summed E-state index contributed by atoms with van der Waals surface area (Å²) in [5.74, 6) is 1.46. The highest BCUT2D eigenvalue weighted by Crippen LogP contribution is 2.33. The van der Waals surface area contributed by atoms with Gasteiger partial charge in [0, 0.05) is 10.7 Å². The van der Waals surface area contributed by atoms with Crippen molar-refractivity contribution in [1.29, 1.82) is 0 Å². The second-order valence-corrected chi connectivity index (χ2v) is 8.66. The molecule has 0 aliphatic carbocycles. The van der Waals surface area contributed by atoms with Gasteiger partial charge in [-0.15, -0.1) is 0 Å². The fraction of sp³-hybridized carbons (Fsp3) is 0.458. The zero-order valence-corrected chi connectivity index (χ0v) is 18.8. The smallest absolute Gasteiger partial charge is 0.262 e. The molecule has 2 rings (SSSR count). The quantitative estimate of drug-likeness (QED) is 0.540. The van der Waals surface area contributed by atoms with Crippen molar-refractivity contribution < 1.29 is 9.53 Å². The van der Waals surface area contributed by atoms with Gasteiger partial charge in [0.2, 0.25) is 0 Å². The lowest BCUT2D eigenvalue weighted by Crippen LogP contribution is -2.22. The molecule has 2 aromatic rings. The Kier molecular flexibility index (Phi) is 7.54. The second kappa shape index (κ2) is 9.47. The number of para-hydroxylation sites is 1. The lowest BCUT2D eigenvalue weighted by atomic mass is 9.92. The number of aryl methyl sites for hydroxylation is 1. The highest BCUT2D eigenvalue weighted by Gasteiger charge is 2.17. The van der Waals surface area contributed by atoms with Crippen LogP contribution < -0.4 is 10.1 Å². The van der Waals surface area contributed by atoms with Crippen molar-refractivity contribution in [3.63, 3.8) is 0 Å². The molecule has 4 heteroatoms. The van der Waals surface area contributed by atoms with Crippen LogP contribution in [0.4, 0.5) is 5.69 Å². The fourth-order valence-corrected chi connectivity index (χ4v) is 3.43. The number of rotatable bonds is 7. The number of hydrogen-bond acceptors (Lipinski definition) is 2. The lowest BCUT2D eigenvalue weighted by molar-refractivity contribution is -0.118. The number of carbonyl (C=O) groups is 1. The van der Waals surface area contributed by atoms with E-state index in [0.29, 0.717) is 22.6 Å². The van der Waals surface area contributed by atoms with Crippen molar-refractivity contribution in [2.24, 2.45) is 0 Å². The van der Waals surface area contributed by atoms with E-state index in [-0.39, 0.29) is 18.4 Å². The molecule has 0 atom stereocenters. The topological polar surface area (TPSA) is 38.3 Å². The van der Waals surface area contributed by atoms with Crippen LogP contribution in [-0.2, 0) is 4.79 Å². The molecule has 0 heterocycles. The molecular weight excluding hydrogens is 370 g/mol. The summed E-state index contributed by atoms with van der Waals surface area (Å²) in [5.41, 5.74) is 5.15. The van der Waals surface area contributed by atoms with E-state index in [1.54, 1.807) is 0 Å². The van der Waals surface area contributed by atoms with E-state index < -0.39 is 0 Å². The van der Waals surface area contributed by atoms with Crippen LogP contribution >= 0.6 is 11.6 Å². The molecule has 3 nitrogen and oxygen atoms in total. The van der Waals surface area contributed by atoms with E-state index in [1.807, 2.05) is 19.1 Å². The normalized spacial score (nSPS) is 11.4. The molecule has 0 aliphatic heterocycles. The van der Waals surface area contributed by atoms with Crippen LogP contribution in [-0.4, -0.2) is 12.5 Å². The summed E-state index contributed by atoms with van der Waals surface area (Å²) in [5, 5.41) is 3.81. The lowest BCUT2D eigenvalue weighted by Gasteiger charge is -2.21. The Bertz CT molecular complexity index is 814. The van der Waals surface area contributed by atoms with Crippen LogP contribution in [0.2, 0.25) is 5.02 Å². The summed E-state index contributed by atoms with van der Waals surface area (Å²) in [6.07, 6.45) is 0. The van der Waals surface area contributed by atoms with Crippen LogP contribution in [0, 0.1) is 6.92 Å². The summed E-state index contributed by atoms with van der Waals surface area (Å²) in [7, 11) is 0. The minimum atomic E-state index is -0.155. The SMILES string of the molecule is Cc1cc(OCC(=O)Nc2c(C(C)C)cccc2C(C)C)c(C(C)C)cc1Cl. The number of ether oxygens (including phenoxy) is 1. The standard InChI is InChI=1S/C24H32ClNO2/c1-14(2)18-9-8-10-19(15(3)4)24(18)26-23(27)13-28-22-11-17(7)21(25)12-20(22)16(5)6/h8-12,14-16H,13H2,1-7H3,(H,26,27).